The van der Waals surface area contributed by atoms with Gasteiger partial charge in [0.2, 0.25) is 5.13 Å². The number of ether oxygens (including phenoxy) is 2. The van der Waals surface area contributed by atoms with E-state index in [1.165, 1.54) is 18.4 Å². The molecule has 0 spiro atoms. The Hall–Kier alpha value is -1.83. The van der Waals surface area contributed by atoms with E-state index in [9.17, 15) is 4.79 Å². The molecular weight excluding hydrogens is 373 g/mol. The molecule has 0 atom stereocenters. The van der Waals surface area contributed by atoms with Crippen LogP contribution in [0.2, 0.25) is 10.0 Å². The molecule has 0 saturated carbocycles. The molecule has 2 aromatic rings. The standard InChI is InChI=1S/C15H15Cl2N3O3S/c1-3-23-13(21)6-10-8-24-15(19-10)20-18-7-9-4-11(16)14(22-2)12(17)5-9/h4-5,7-8H,3,6H2,1-2H3,(H,19,20)/b18-7-. The first-order valence-electron chi connectivity index (χ1n) is 6.95. The summed E-state index contributed by atoms with van der Waals surface area (Å²) >= 11 is 13.5. The van der Waals surface area contributed by atoms with E-state index in [-0.39, 0.29) is 12.4 Å². The fourth-order valence-corrected chi connectivity index (χ4v) is 3.13. The Morgan fingerprint density at radius 3 is 2.75 bits per heavy atom. The molecule has 0 radical (unpaired) electrons. The molecule has 0 unspecified atom stereocenters. The van der Waals surface area contributed by atoms with Crippen molar-refractivity contribution in [3.8, 4) is 5.75 Å². The first-order chi connectivity index (χ1) is 11.5. The molecule has 0 aliphatic heterocycles. The van der Waals surface area contributed by atoms with E-state index >= 15 is 0 Å². The largest absolute Gasteiger partial charge is 0.494 e. The molecule has 24 heavy (non-hydrogen) atoms. The minimum atomic E-state index is -0.305. The molecule has 1 aromatic heterocycles. The predicted octanol–water partition coefficient (Wildman–Crippen LogP) is 4.01. The van der Waals surface area contributed by atoms with Crippen molar-refractivity contribution in [2.75, 3.05) is 19.1 Å². The van der Waals surface area contributed by atoms with Gasteiger partial charge in [-0.1, -0.05) is 23.2 Å². The van der Waals surface area contributed by atoms with E-state index < -0.39 is 0 Å². The summed E-state index contributed by atoms with van der Waals surface area (Å²) in [5, 5.41) is 7.22. The number of halogens is 2. The molecule has 9 heteroatoms. The first-order valence-corrected chi connectivity index (χ1v) is 8.59. The van der Waals surface area contributed by atoms with Crippen LogP contribution >= 0.6 is 34.5 Å². The molecule has 1 heterocycles. The molecule has 6 nitrogen and oxygen atoms in total. The van der Waals surface area contributed by atoms with Crippen LogP contribution in [0.15, 0.2) is 22.6 Å². The number of nitrogens with zero attached hydrogens (tertiary/aromatic N) is 2. The van der Waals surface area contributed by atoms with Crippen LogP contribution < -0.4 is 10.2 Å². The van der Waals surface area contributed by atoms with Gasteiger partial charge < -0.3 is 9.47 Å². The van der Waals surface area contributed by atoms with Crippen molar-refractivity contribution in [1.29, 1.82) is 0 Å². The number of methoxy groups -OCH3 is 1. The van der Waals surface area contributed by atoms with Crippen LogP contribution in [0.25, 0.3) is 0 Å². The van der Waals surface area contributed by atoms with Crippen molar-refractivity contribution in [2.24, 2.45) is 5.10 Å². The Bertz CT molecular complexity index is 726. The number of hydrazone groups is 1. The van der Waals surface area contributed by atoms with Crippen LogP contribution in [0, 0.1) is 0 Å². The van der Waals surface area contributed by atoms with Gasteiger partial charge in [0.05, 0.1) is 42.1 Å². The summed E-state index contributed by atoms with van der Waals surface area (Å²) in [5.41, 5.74) is 4.13. The van der Waals surface area contributed by atoms with Gasteiger partial charge in [-0.15, -0.1) is 11.3 Å². The SMILES string of the molecule is CCOC(=O)Cc1csc(N/N=C\c2cc(Cl)c(OC)c(Cl)c2)n1. The zero-order valence-corrected chi connectivity index (χ0v) is 15.3. The maximum atomic E-state index is 11.4. The molecule has 1 N–H and O–H groups in total. The fourth-order valence-electron chi connectivity index (χ4n) is 1.81. The van der Waals surface area contributed by atoms with Gasteiger partial charge in [0.1, 0.15) is 0 Å². The average Bonchev–Trinajstić information content (AvgIpc) is 2.94. The Kier molecular flexibility index (Phi) is 6.84. The highest BCUT2D eigenvalue weighted by molar-refractivity contribution is 7.13. The lowest BCUT2D eigenvalue weighted by molar-refractivity contribution is -0.142. The van der Waals surface area contributed by atoms with Crippen molar-refractivity contribution in [1.82, 2.24) is 4.98 Å². The Balaban J connectivity index is 1.97. The summed E-state index contributed by atoms with van der Waals surface area (Å²) in [6.45, 7) is 2.11. The van der Waals surface area contributed by atoms with Crippen LogP contribution in [-0.4, -0.2) is 30.9 Å². The summed E-state index contributed by atoms with van der Waals surface area (Å²) in [6.07, 6.45) is 1.70. The Labute approximate surface area is 153 Å². The van der Waals surface area contributed by atoms with Gasteiger partial charge in [-0.25, -0.2) is 4.98 Å². The fraction of sp³-hybridized carbons (Fsp3) is 0.267. The zero-order chi connectivity index (χ0) is 17.5. The van der Waals surface area contributed by atoms with Gasteiger partial charge >= 0.3 is 5.97 Å². The second-order valence-electron chi connectivity index (χ2n) is 4.51. The summed E-state index contributed by atoms with van der Waals surface area (Å²) in [4.78, 5) is 15.6. The number of esters is 1. The van der Waals surface area contributed by atoms with Crippen LogP contribution in [-0.2, 0) is 16.0 Å². The molecule has 0 fully saturated rings. The minimum absolute atomic E-state index is 0.138. The Morgan fingerprint density at radius 1 is 1.42 bits per heavy atom. The molecular formula is C15H15Cl2N3O3S. The van der Waals surface area contributed by atoms with E-state index in [0.717, 1.165) is 0 Å². The van der Waals surface area contributed by atoms with Crippen LogP contribution in [0.4, 0.5) is 5.13 Å². The monoisotopic (exact) mass is 387 g/mol. The van der Waals surface area contributed by atoms with E-state index in [2.05, 4.69) is 15.5 Å². The second kappa shape index (κ2) is 8.86. The summed E-state index contributed by atoms with van der Waals surface area (Å²) in [5.74, 6) is 0.118. The number of thiazole rings is 1. The third-order valence-electron chi connectivity index (χ3n) is 2.78. The number of anilines is 1. The van der Waals surface area contributed by atoms with E-state index in [0.29, 0.717) is 38.8 Å². The Morgan fingerprint density at radius 2 is 2.12 bits per heavy atom. The van der Waals surface area contributed by atoms with Crippen molar-refractivity contribution in [2.45, 2.75) is 13.3 Å². The number of hydrogen-bond acceptors (Lipinski definition) is 7. The highest BCUT2D eigenvalue weighted by atomic mass is 35.5. The molecule has 128 valence electrons. The van der Waals surface area contributed by atoms with E-state index in [1.807, 2.05) is 0 Å². The third-order valence-corrected chi connectivity index (χ3v) is 4.14. The molecule has 1 aromatic carbocycles. The number of benzene rings is 1. The third kappa shape index (κ3) is 5.09. The smallest absolute Gasteiger partial charge is 0.311 e. The topological polar surface area (TPSA) is 72.8 Å². The van der Waals surface area contributed by atoms with Crippen LogP contribution in [0.3, 0.4) is 0 Å². The van der Waals surface area contributed by atoms with E-state index in [1.54, 1.807) is 30.7 Å². The molecule has 0 aliphatic rings. The second-order valence-corrected chi connectivity index (χ2v) is 6.19. The molecule has 2 rings (SSSR count). The van der Waals surface area contributed by atoms with Crippen molar-refractivity contribution >= 4 is 51.9 Å². The minimum Gasteiger partial charge on any atom is -0.494 e. The number of nitrogens with one attached hydrogen (secondary N) is 1. The van der Waals surface area contributed by atoms with Crippen molar-refractivity contribution < 1.29 is 14.3 Å². The number of hydrogen-bond donors (Lipinski definition) is 1. The lowest BCUT2D eigenvalue weighted by Gasteiger charge is -2.06. The van der Waals surface area contributed by atoms with Gasteiger partial charge in [0, 0.05) is 5.38 Å². The van der Waals surface area contributed by atoms with Gasteiger partial charge in [-0.3, -0.25) is 10.2 Å². The lowest BCUT2D eigenvalue weighted by Crippen LogP contribution is -2.07. The first kappa shape index (κ1) is 18.5. The van der Waals surface area contributed by atoms with Gasteiger partial charge in [-0.05, 0) is 24.6 Å². The normalized spacial score (nSPS) is 10.8. The highest BCUT2D eigenvalue weighted by Crippen LogP contribution is 2.33. The zero-order valence-electron chi connectivity index (χ0n) is 13.0. The predicted molar refractivity (Wildman–Crippen MR) is 96.7 cm³/mol. The average molecular weight is 388 g/mol. The number of carbonyl (C=O) groups is 1. The lowest BCUT2D eigenvalue weighted by atomic mass is 10.2. The maximum Gasteiger partial charge on any atom is 0.311 e. The summed E-state index contributed by atoms with van der Waals surface area (Å²) in [6, 6.07) is 3.37. The highest BCUT2D eigenvalue weighted by Gasteiger charge is 2.09. The molecule has 0 bridgehead atoms. The van der Waals surface area contributed by atoms with Gasteiger partial charge in [0.25, 0.3) is 0 Å². The van der Waals surface area contributed by atoms with Crippen molar-refractivity contribution in [3.63, 3.8) is 0 Å². The van der Waals surface area contributed by atoms with Gasteiger partial charge in [-0.2, -0.15) is 5.10 Å². The van der Waals surface area contributed by atoms with Crippen LogP contribution in [0.5, 0.6) is 5.75 Å². The summed E-state index contributed by atoms with van der Waals surface area (Å²) in [7, 11) is 1.50. The number of rotatable bonds is 7. The number of aromatic nitrogens is 1. The quantitative estimate of drug-likeness (QED) is 0.441. The summed E-state index contributed by atoms with van der Waals surface area (Å²) < 4.78 is 9.96. The van der Waals surface area contributed by atoms with Gasteiger partial charge in [0.15, 0.2) is 5.75 Å². The maximum absolute atomic E-state index is 11.4. The number of carbonyl (C=O) groups excluding carboxylic acids is 1. The van der Waals surface area contributed by atoms with Crippen molar-refractivity contribution in [3.05, 3.63) is 38.8 Å². The molecule has 0 amide bonds. The van der Waals surface area contributed by atoms with E-state index in [4.69, 9.17) is 32.7 Å². The van der Waals surface area contributed by atoms with Crippen LogP contribution in [0.1, 0.15) is 18.2 Å². The molecule has 0 aliphatic carbocycles. The molecule has 0 saturated heterocycles.